The minimum Gasteiger partial charge on any atom is -0.481 e. The fourth-order valence-corrected chi connectivity index (χ4v) is 4.69. The summed E-state index contributed by atoms with van der Waals surface area (Å²) in [5.74, 6) is -2.39. The number of ketones is 1. The molecule has 0 atom stereocenters. The first kappa shape index (κ1) is 27.3. The number of aromatic nitrogens is 2. The van der Waals surface area contributed by atoms with E-state index < -0.39 is 29.6 Å². The number of nitrogens with one attached hydrogen (secondary N) is 1. The van der Waals surface area contributed by atoms with Crippen molar-refractivity contribution in [3.8, 4) is 22.4 Å². The number of Topliss-reactive ketones (excluding diaryl/α,β-unsaturated/α-hetero) is 1. The molecule has 0 aliphatic rings. The van der Waals surface area contributed by atoms with Crippen LogP contribution in [-0.2, 0) is 16.6 Å². The van der Waals surface area contributed by atoms with E-state index in [0.717, 1.165) is 0 Å². The molecule has 2 N–H and O–H groups in total. The van der Waals surface area contributed by atoms with E-state index in [1.54, 1.807) is 48.5 Å². The van der Waals surface area contributed by atoms with Gasteiger partial charge in [-0.25, -0.2) is 4.98 Å². The molecule has 38 heavy (non-hydrogen) atoms. The highest BCUT2D eigenvalue weighted by atomic mass is 35.5. The molecule has 0 bridgehead atoms. The molecule has 4 aromatic rings. The van der Waals surface area contributed by atoms with E-state index >= 15 is 0 Å². The Morgan fingerprint density at radius 1 is 0.947 bits per heavy atom. The van der Waals surface area contributed by atoms with Gasteiger partial charge >= 0.3 is 5.97 Å². The van der Waals surface area contributed by atoms with Crippen molar-refractivity contribution < 1.29 is 19.5 Å². The third kappa shape index (κ3) is 5.43. The van der Waals surface area contributed by atoms with Gasteiger partial charge in [-0.1, -0.05) is 46.9 Å². The maximum absolute atomic E-state index is 13.2. The zero-order valence-electron chi connectivity index (χ0n) is 20.1. The number of benzene rings is 2. The first-order chi connectivity index (χ1) is 18.0. The van der Waals surface area contributed by atoms with Crippen molar-refractivity contribution in [3.05, 3.63) is 79.5 Å². The normalized spacial score (nSPS) is 11.0. The van der Waals surface area contributed by atoms with Crippen LogP contribution >= 0.6 is 34.8 Å². The Balaban J connectivity index is 2.09. The highest BCUT2D eigenvalue weighted by Gasteiger charge is 2.24. The fraction of sp³-hybridized carbons (Fsp3) is 0.148. The fourth-order valence-electron chi connectivity index (χ4n) is 4.06. The second-order valence-electron chi connectivity index (χ2n) is 8.50. The number of anilines is 1. The van der Waals surface area contributed by atoms with Gasteiger partial charge in [0.2, 0.25) is 5.91 Å². The third-order valence-corrected chi connectivity index (χ3v) is 6.68. The van der Waals surface area contributed by atoms with Crippen molar-refractivity contribution in [1.82, 2.24) is 9.55 Å². The second kappa shape index (κ2) is 10.9. The molecule has 0 spiro atoms. The molecule has 2 aromatic carbocycles. The van der Waals surface area contributed by atoms with Crippen molar-refractivity contribution in [3.63, 3.8) is 0 Å². The molecular formula is C27H20Cl3N3O5. The number of carboxylic acids is 1. The topological polar surface area (TPSA) is 118 Å². The molecule has 0 aliphatic carbocycles. The van der Waals surface area contributed by atoms with Gasteiger partial charge in [-0.3, -0.25) is 23.7 Å². The standard InChI is InChI=1S/C27H20Cl3N3O5/c1-13(34)23-25(31-21(35)9-10-22(36)37)19-12-18(14-3-5-15(28)6-4-14)24(32-26(19)33(2)27(23)38)17-8-7-16(29)11-20(17)30/h3-8,11-12H,9-10H2,1-2H3,(H,31,35)(H,36,37). The van der Waals surface area contributed by atoms with Crippen LogP contribution in [0.5, 0.6) is 0 Å². The Labute approximate surface area is 231 Å². The van der Waals surface area contributed by atoms with Gasteiger partial charge in [0.05, 0.1) is 22.8 Å². The largest absolute Gasteiger partial charge is 0.481 e. The molecule has 0 saturated carbocycles. The number of carbonyl (C=O) groups excluding carboxylic acids is 2. The summed E-state index contributed by atoms with van der Waals surface area (Å²) in [4.78, 5) is 54.2. The van der Waals surface area contributed by atoms with Crippen LogP contribution in [0.15, 0.2) is 53.3 Å². The van der Waals surface area contributed by atoms with E-state index in [9.17, 15) is 19.2 Å². The summed E-state index contributed by atoms with van der Waals surface area (Å²) in [5.41, 5.74) is 1.46. The minimum atomic E-state index is -1.16. The average Bonchev–Trinajstić information content (AvgIpc) is 2.85. The molecule has 0 saturated heterocycles. The van der Waals surface area contributed by atoms with Crippen molar-refractivity contribution in [2.45, 2.75) is 19.8 Å². The molecule has 0 unspecified atom stereocenters. The molecule has 4 rings (SSSR count). The zero-order chi connectivity index (χ0) is 27.7. The van der Waals surface area contributed by atoms with Gasteiger partial charge in [0, 0.05) is 40.0 Å². The number of amides is 1. The average molecular weight is 573 g/mol. The van der Waals surface area contributed by atoms with Crippen LogP contribution in [0.1, 0.15) is 30.1 Å². The number of nitrogens with zero attached hydrogens (tertiary/aromatic N) is 2. The molecule has 0 fully saturated rings. The Kier molecular flexibility index (Phi) is 7.87. The molecule has 0 radical (unpaired) electrons. The van der Waals surface area contributed by atoms with Crippen LogP contribution in [0.3, 0.4) is 0 Å². The number of hydrogen-bond acceptors (Lipinski definition) is 5. The SMILES string of the molecule is CC(=O)c1c(NC(=O)CCC(=O)O)c2cc(-c3ccc(Cl)cc3)c(-c3ccc(Cl)cc3Cl)nc2n(C)c1=O. The van der Waals surface area contributed by atoms with Gasteiger partial charge in [0.25, 0.3) is 5.56 Å². The lowest BCUT2D eigenvalue weighted by Gasteiger charge is -2.18. The van der Waals surface area contributed by atoms with Crippen LogP contribution in [0.4, 0.5) is 5.69 Å². The number of aryl methyl sites for hydroxylation is 1. The molecule has 11 heteroatoms. The maximum atomic E-state index is 13.2. The predicted molar refractivity (Wildman–Crippen MR) is 148 cm³/mol. The summed E-state index contributed by atoms with van der Waals surface area (Å²) in [7, 11) is 1.47. The number of fused-ring (bicyclic) bond motifs is 1. The Morgan fingerprint density at radius 3 is 2.21 bits per heavy atom. The van der Waals surface area contributed by atoms with Crippen LogP contribution in [0, 0.1) is 0 Å². The molecule has 194 valence electrons. The van der Waals surface area contributed by atoms with E-state index in [4.69, 9.17) is 44.9 Å². The Bertz CT molecular complexity index is 1680. The van der Waals surface area contributed by atoms with Crippen molar-refractivity contribution in [2.24, 2.45) is 7.05 Å². The van der Waals surface area contributed by atoms with E-state index in [1.807, 2.05) is 0 Å². The first-order valence-corrected chi connectivity index (χ1v) is 12.4. The lowest BCUT2D eigenvalue weighted by Crippen LogP contribution is -2.28. The zero-order valence-corrected chi connectivity index (χ0v) is 22.4. The minimum absolute atomic E-state index is 0.0394. The number of hydrogen-bond donors (Lipinski definition) is 2. The molecule has 1 amide bonds. The van der Waals surface area contributed by atoms with Gasteiger partial charge < -0.3 is 10.4 Å². The van der Waals surface area contributed by atoms with Crippen LogP contribution < -0.4 is 10.9 Å². The van der Waals surface area contributed by atoms with Crippen LogP contribution in [0.25, 0.3) is 33.4 Å². The molecular weight excluding hydrogens is 553 g/mol. The summed E-state index contributed by atoms with van der Waals surface area (Å²) in [6, 6.07) is 13.6. The van der Waals surface area contributed by atoms with Crippen LogP contribution in [0.2, 0.25) is 15.1 Å². The van der Waals surface area contributed by atoms with Gasteiger partial charge in [-0.05, 0) is 48.9 Å². The highest BCUT2D eigenvalue weighted by molar-refractivity contribution is 6.36. The van der Waals surface area contributed by atoms with Crippen molar-refractivity contribution >= 4 is 69.2 Å². The Morgan fingerprint density at radius 2 is 1.61 bits per heavy atom. The van der Waals surface area contributed by atoms with Crippen LogP contribution in [-0.4, -0.2) is 32.3 Å². The van der Waals surface area contributed by atoms with Crippen molar-refractivity contribution in [2.75, 3.05) is 5.32 Å². The van der Waals surface area contributed by atoms with Gasteiger partial charge in [0.1, 0.15) is 11.2 Å². The number of carbonyl (C=O) groups is 3. The molecule has 2 aromatic heterocycles. The third-order valence-electron chi connectivity index (χ3n) is 5.88. The maximum Gasteiger partial charge on any atom is 0.303 e. The summed E-state index contributed by atoms with van der Waals surface area (Å²) < 4.78 is 1.22. The quantitative estimate of drug-likeness (QED) is 0.253. The Hall–Kier alpha value is -3.72. The van der Waals surface area contributed by atoms with Gasteiger partial charge in [-0.2, -0.15) is 0 Å². The summed E-state index contributed by atoms with van der Waals surface area (Å²) >= 11 is 18.7. The van der Waals surface area contributed by atoms with E-state index in [-0.39, 0.29) is 23.3 Å². The first-order valence-electron chi connectivity index (χ1n) is 11.3. The molecule has 2 heterocycles. The van der Waals surface area contributed by atoms with E-state index in [1.165, 1.54) is 18.5 Å². The molecule has 8 nitrogen and oxygen atoms in total. The second-order valence-corrected chi connectivity index (χ2v) is 9.78. The number of aliphatic carboxylic acids is 1. The highest BCUT2D eigenvalue weighted by Crippen LogP contribution is 2.39. The van der Waals surface area contributed by atoms with Crippen molar-refractivity contribution in [1.29, 1.82) is 0 Å². The number of halogens is 3. The smallest absolute Gasteiger partial charge is 0.303 e. The summed E-state index contributed by atoms with van der Waals surface area (Å²) in [6.07, 6.45) is -0.767. The number of rotatable bonds is 7. The molecule has 0 aliphatic heterocycles. The summed E-state index contributed by atoms with van der Waals surface area (Å²) in [5, 5.41) is 13.1. The van der Waals surface area contributed by atoms with Gasteiger partial charge in [0.15, 0.2) is 5.78 Å². The lowest BCUT2D eigenvalue weighted by molar-refractivity contribution is -0.138. The van der Waals surface area contributed by atoms with E-state index in [0.29, 0.717) is 42.8 Å². The predicted octanol–water partition coefficient (Wildman–Crippen LogP) is 6.23. The number of carboxylic acid groups (broad SMARTS) is 1. The lowest BCUT2D eigenvalue weighted by atomic mass is 9.96. The number of pyridine rings is 2. The summed E-state index contributed by atoms with van der Waals surface area (Å²) in [6.45, 7) is 1.21. The van der Waals surface area contributed by atoms with Gasteiger partial charge in [-0.15, -0.1) is 0 Å². The van der Waals surface area contributed by atoms with E-state index in [2.05, 4.69) is 5.32 Å². The monoisotopic (exact) mass is 571 g/mol.